The molecule has 0 radical (unpaired) electrons. The summed E-state index contributed by atoms with van der Waals surface area (Å²) in [5.74, 6) is 0.821. The Balaban J connectivity index is 2.26. The maximum atomic E-state index is 13.5. The van der Waals surface area contributed by atoms with Crippen LogP contribution in [0.25, 0.3) is 0 Å². The van der Waals surface area contributed by atoms with Crippen LogP contribution in [0.15, 0.2) is 28.9 Å². The number of fused-ring (bicyclic) bond motifs is 1. The molecule has 0 saturated carbocycles. The lowest BCUT2D eigenvalue weighted by molar-refractivity contribution is -0.173. The minimum absolute atomic E-state index is 0.406. The molecule has 1 atom stereocenters. The second-order valence-electron chi connectivity index (χ2n) is 3.91. The summed E-state index contributed by atoms with van der Waals surface area (Å²) in [6.45, 7) is 1.23. The summed E-state index contributed by atoms with van der Waals surface area (Å²) in [4.78, 5) is 1.92. The van der Waals surface area contributed by atoms with Crippen LogP contribution < -0.4 is 14.4 Å². The van der Waals surface area contributed by atoms with Crippen LogP contribution in [0.5, 0.6) is 11.5 Å². The van der Waals surface area contributed by atoms with Gasteiger partial charge in [-0.05, 0) is 34.1 Å². The van der Waals surface area contributed by atoms with Gasteiger partial charge in [-0.25, -0.2) is 0 Å². The van der Waals surface area contributed by atoms with E-state index in [0.29, 0.717) is 11.5 Å². The fraction of sp³-hybridized carbons (Fsp3) is 0.333. The average molecular weight is 381 g/mol. The Bertz CT molecular complexity index is 491. The minimum atomic E-state index is -2.08. The highest BCUT2D eigenvalue weighted by molar-refractivity contribution is 9.12. The molecule has 0 spiro atoms. The van der Waals surface area contributed by atoms with Gasteiger partial charge in [0.1, 0.15) is 0 Å². The summed E-state index contributed by atoms with van der Waals surface area (Å²) in [7, 11) is 1.90. The summed E-state index contributed by atoms with van der Waals surface area (Å²) in [5, 5.41) is 0.741. The second-order valence-corrected chi connectivity index (χ2v) is 5.37. The van der Waals surface area contributed by atoms with Crippen molar-refractivity contribution >= 4 is 37.5 Å². The third kappa shape index (κ3) is 2.80. The monoisotopic (exact) mass is 379 g/mol. The Hall–Kier alpha value is -0.750. The Kier molecular flexibility index (Phi) is 3.87. The van der Waals surface area contributed by atoms with E-state index in [1.807, 2.05) is 24.1 Å². The number of rotatable bonds is 3. The van der Waals surface area contributed by atoms with E-state index in [4.69, 9.17) is 9.47 Å². The van der Waals surface area contributed by atoms with Crippen molar-refractivity contribution in [2.45, 2.75) is 13.0 Å². The molecule has 0 saturated heterocycles. The number of hydrogen-bond donors (Lipinski definition) is 0. The zero-order chi connectivity index (χ0) is 13.3. The number of allylic oxidation sites excluding steroid dienone is 1. The fourth-order valence-electron chi connectivity index (χ4n) is 1.61. The van der Waals surface area contributed by atoms with Gasteiger partial charge in [-0.1, -0.05) is 15.9 Å². The predicted octanol–water partition coefficient (Wildman–Crippen LogP) is 4.17. The maximum absolute atomic E-state index is 13.5. The molecule has 0 amide bonds. The molecule has 98 valence electrons. The lowest BCUT2D eigenvalue weighted by Gasteiger charge is -2.18. The molecule has 1 aliphatic rings. The molecule has 1 aromatic rings. The zero-order valence-corrected chi connectivity index (χ0v) is 13.1. The zero-order valence-electron chi connectivity index (χ0n) is 9.91. The first kappa shape index (κ1) is 13.7. The number of anilines is 1. The molecule has 6 heteroatoms. The van der Waals surface area contributed by atoms with Crippen molar-refractivity contribution in [2.75, 3.05) is 17.3 Å². The van der Waals surface area contributed by atoms with E-state index in [2.05, 4.69) is 31.9 Å². The fourth-order valence-corrected chi connectivity index (χ4v) is 2.71. The summed E-state index contributed by atoms with van der Waals surface area (Å²) in [5.41, 5.74) is 0.874. The summed E-state index contributed by atoms with van der Waals surface area (Å²) in [6.07, 6.45) is 1.96. The Morgan fingerprint density at radius 2 is 2.11 bits per heavy atom. The number of hydrogen-bond acceptors (Lipinski definition) is 3. The molecule has 1 aromatic carbocycles. The lowest BCUT2D eigenvalue weighted by Crippen LogP contribution is -2.27. The van der Waals surface area contributed by atoms with Crippen molar-refractivity contribution in [3.63, 3.8) is 0 Å². The smallest absolute Gasteiger partial charge is 0.404 e. The number of halogens is 3. The number of benzene rings is 1. The number of nitrogens with zero attached hydrogens (tertiary/aromatic N) is 1. The molecule has 0 bridgehead atoms. The topological polar surface area (TPSA) is 21.7 Å². The number of ether oxygens (including phenoxy) is 2. The molecule has 0 aliphatic carbocycles. The van der Waals surface area contributed by atoms with Gasteiger partial charge in [-0.3, -0.25) is 0 Å². The Labute approximate surface area is 122 Å². The van der Waals surface area contributed by atoms with Gasteiger partial charge in [0.05, 0.1) is 4.61 Å². The minimum Gasteiger partial charge on any atom is -0.423 e. The van der Waals surface area contributed by atoms with Gasteiger partial charge >= 0.3 is 6.04 Å². The molecule has 1 heterocycles. The van der Waals surface area contributed by atoms with E-state index in [-0.39, 0.29) is 0 Å². The SMILES string of the molecule is CN(/C(Br)=C\CBr)c1ccc2c(c1)OC(C)(F)O2. The van der Waals surface area contributed by atoms with E-state index in [9.17, 15) is 4.39 Å². The van der Waals surface area contributed by atoms with Gasteiger partial charge < -0.3 is 14.4 Å². The van der Waals surface area contributed by atoms with Crippen LogP contribution in [0.4, 0.5) is 10.1 Å². The van der Waals surface area contributed by atoms with Crippen molar-refractivity contribution in [3.05, 3.63) is 28.9 Å². The third-order valence-electron chi connectivity index (χ3n) is 2.47. The van der Waals surface area contributed by atoms with Gasteiger partial charge in [0.25, 0.3) is 0 Å². The van der Waals surface area contributed by atoms with Crippen LogP contribution in [0.1, 0.15) is 6.92 Å². The van der Waals surface area contributed by atoms with E-state index < -0.39 is 6.04 Å². The molecule has 2 rings (SSSR count). The van der Waals surface area contributed by atoms with Crippen molar-refractivity contribution in [3.8, 4) is 11.5 Å². The van der Waals surface area contributed by atoms with Crippen molar-refractivity contribution in [2.24, 2.45) is 0 Å². The highest BCUT2D eigenvalue weighted by Gasteiger charge is 2.36. The summed E-state index contributed by atoms with van der Waals surface area (Å²) in [6, 6.07) is 3.19. The van der Waals surface area contributed by atoms with Crippen LogP contribution in [0.3, 0.4) is 0 Å². The second kappa shape index (κ2) is 5.09. The first-order chi connectivity index (χ1) is 8.43. The number of alkyl halides is 2. The van der Waals surface area contributed by atoms with Crippen LogP contribution in [0.2, 0.25) is 0 Å². The Morgan fingerprint density at radius 3 is 2.78 bits per heavy atom. The Morgan fingerprint density at radius 1 is 1.44 bits per heavy atom. The van der Waals surface area contributed by atoms with Crippen LogP contribution >= 0.6 is 31.9 Å². The van der Waals surface area contributed by atoms with E-state index in [1.54, 1.807) is 12.1 Å². The summed E-state index contributed by atoms with van der Waals surface area (Å²) < 4.78 is 24.5. The molecule has 0 aromatic heterocycles. The van der Waals surface area contributed by atoms with Gasteiger partial charge in [-0.2, -0.15) is 4.39 Å². The van der Waals surface area contributed by atoms with Crippen LogP contribution in [-0.4, -0.2) is 18.4 Å². The van der Waals surface area contributed by atoms with Gasteiger partial charge in [-0.15, -0.1) is 0 Å². The highest BCUT2D eigenvalue weighted by Crippen LogP contribution is 2.42. The molecular weight excluding hydrogens is 369 g/mol. The molecular formula is C12H12Br2FNO2. The third-order valence-corrected chi connectivity index (χ3v) is 3.64. The highest BCUT2D eigenvalue weighted by atomic mass is 79.9. The predicted molar refractivity (Wildman–Crippen MR) is 76.4 cm³/mol. The molecule has 1 unspecified atom stereocenters. The lowest BCUT2D eigenvalue weighted by atomic mass is 10.2. The quantitative estimate of drug-likeness (QED) is 0.580. The van der Waals surface area contributed by atoms with Crippen LogP contribution in [0, 0.1) is 0 Å². The average Bonchev–Trinajstić information content (AvgIpc) is 2.60. The van der Waals surface area contributed by atoms with Crippen LogP contribution in [-0.2, 0) is 0 Å². The van der Waals surface area contributed by atoms with Gasteiger partial charge in [0.2, 0.25) is 0 Å². The molecule has 1 aliphatic heterocycles. The van der Waals surface area contributed by atoms with Crippen molar-refractivity contribution in [1.29, 1.82) is 0 Å². The standard InChI is InChI=1S/C12H12Br2FNO2/c1-12(15)17-9-4-3-8(7-10(9)18-12)16(2)11(14)5-6-13/h3-5,7H,6H2,1-2H3/b11-5-. The largest absolute Gasteiger partial charge is 0.423 e. The molecule has 3 nitrogen and oxygen atoms in total. The first-order valence-corrected chi connectivity index (χ1v) is 7.21. The van der Waals surface area contributed by atoms with Crippen molar-refractivity contribution < 1.29 is 13.9 Å². The first-order valence-electron chi connectivity index (χ1n) is 5.29. The van der Waals surface area contributed by atoms with Gasteiger partial charge in [0.15, 0.2) is 11.5 Å². The molecule has 0 N–H and O–H groups in total. The van der Waals surface area contributed by atoms with Crippen molar-refractivity contribution in [1.82, 2.24) is 0 Å². The van der Waals surface area contributed by atoms with E-state index in [1.165, 1.54) is 6.92 Å². The molecule has 18 heavy (non-hydrogen) atoms. The van der Waals surface area contributed by atoms with E-state index in [0.717, 1.165) is 15.6 Å². The maximum Gasteiger partial charge on any atom is 0.404 e. The molecule has 0 fully saturated rings. The van der Waals surface area contributed by atoms with E-state index >= 15 is 0 Å². The van der Waals surface area contributed by atoms with Gasteiger partial charge in [0, 0.05) is 31.1 Å². The normalized spacial score (nSPS) is 22.2. The summed E-state index contributed by atoms with van der Waals surface area (Å²) >= 11 is 6.78.